The Labute approximate surface area is 111 Å². The molecule has 19 heavy (non-hydrogen) atoms. The van der Waals surface area contributed by atoms with Gasteiger partial charge in [-0.3, -0.25) is 14.5 Å². The predicted octanol–water partition coefficient (Wildman–Crippen LogP) is 0.678. The van der Waals surface area contributed by atoms with Crippen LogP contribution in [-0.2, 0) is 13.5 Å². The molecule has 0 atom stereocenters. The van der Waals surface area contributed by atoms with Crippen LogP contribution < -0.4 is 11.1 Å². The summed E-state index contributed by atoms with van der Waals surface area (Å²) in [6.45, 7) is 2.33. The molecule has 0 bridgehead atoms. The molecular formula is C13H17N5O. The number of nitrogen functional groups attached to an aromatic ring is 1. The van der Waals surface area contributed by atoms with E-state index in [1.54, 1.807) is 26.4 Å². The fraction of sp³-hybridized carbons (Fsp3) is 0.308. The summed E-state index contributed by atoms with van der Waals surface area (Å²) in [6.07, 6.45) is 4.23. The minimum absolute atomic E-state index is 0.199. The van der Waals surface area contributed by atoms with Crippen molar-refractivity contribution in [2.45, 2.75) is 13.3 Å². The first-order chi connectivity index (χ1) is 9.09. The number of anilines is 1. The lowest BCUT2D eigenvalue weighted by Crippen LogP contribution is -2.28. The largest absolute Gasteiger partial charge is 0.395 e. The van der Waals surface area contributed by atoms with Crippen molar-refractivity contribution in [2.24, 2.45) is 7.05 Å². The first-order valence-electron chi connectivity index (χ1n) is 6.05. The molecule has 0 saturated heterocycles. The molecule has 0 unspecified atom stereocenters. The van der Waals surface area contributed by atoms with Crippen LogP contribution >= 0.6 is 0 Å². The lowest BCUT2D eigenvalue weighted by Gasteiger charge is -2.06. The van der Waals surface area contributed by atoms with E-state index in [-0.39, 0.29) is 5.91 Å². The number of nitrogens with one attached hydrogen (secondary N) is 1. The van der Waals surface area contributed by atoms with E-state index < -0.39 is 0 Å². The number of rotatable bonds is 4. The molecule has 0 saturated carbocycles. The van der Waals surface area contributed by atoms with Crippen LogP contribution in [0, 0.1) is 6.92 Å². The molecule has 6 heteroatoms. The molecule has 0 aromatic carbocycles. The summed E-state index contributed by atoms with van der Waals surface area (Å²) in [5.41, 5.74) is 8.48. The Morgan fingerprint density at radius 2 is 2.11 bits per heavy atom. The van der Waals surface area contributed by atoms with Gasteiger partial charge in [0.25, 0.3) is 5.91 Å². The third kappa shape index (κ3) is 2.90. The van der Waals surface area contributed by atoms with E-state index >= 15 is 0 Å². The number of hydrogen-bond acceptors (Lipinski definition) is 4. The highest BCUT2D eigenvalue weighted by Crippen LogP contribution is 2.14. The molecule has 2 aromatic heterocycles. The van der Waals surface area contributed by atoms with Crippen molar-refractivity contribution in [2.75, 3.05) is 12.3 Å². The molecule has 0 aliphatic carbocycles. The number of nitrogens with two attached hydrogens (primary N) is 1. The van der Waals surface area contributed by atoms with Gasteiger partial charge in [0.1, 0.15) is 5.69 Å². The lowest BCUT2D eigenvalue weighted by atomic mass is 10.2. The minimum atomic E-state index is -0.199. The topological polar surface area (TPSA) is 85.8 Å². The van der Waals surface area contributed by atoms with Crippen molar-refractivity contribution >= 4 is 11.6 Å². The van der Waals surface area contributed by atoms with E-state index in [1.807, 2.05) is 12.1 Å². The minimum Gasteiger partial charge on any atom is -0.395 e. The molecule has 0 aliphatic rings. The number of aryl methyl sites for hydroxylation is 2. The van der Waals surface area contributed by atoms with Gasteiger partial charge in [-0.1, -0.05) is 0 Å². The van der Waals surface area contributed by atoms with E-state index in [0.717, 1.165) is 12.0 Å². The van der Waals surface area contributed by atoms with Gasteiger partial charge in [0.05, 0.1) is 11.4 Å². The Bertz CT molecular complexity index is 576. The van der Waals surface area contributed by atoms with Gasteiger partial charge < -0.3 is 11.1 Å². The van der Waals surface area contributed by atoms with Gasteiger partial charge in [-0.25, -0.2) is 0 Å². The highest BCUT2D eigenvalue weighted by molar-refractivity contribution is 5.97. The molecule has 0 radical (unpaired) electrons. The summed E-state index contributed by atoms with van der Waals surface area (Å²) < 4.78 is 1.51. The Balaban J connectivity index is 1.95. The van der Waals surface area contributed by atoms with Crippen LogP contribution in [0.2, 0.25) is 0 Å². The van der Waals surface area contributed by atoms with Crippen LogP contribution in [0.4, 0.5) is 5.69 Å². The van der Waals surface area contributed by atoms with Crippen LogP contribution in [-0.4, -0.2) is 27.2 Å². The number of carbonyl (C=O) groups excluding carboxylic acids is 1. The zero-order chi connectivity index (χ0) is 13.8. The maximum atomic E-state index is 12.0. The molecular weight excluding hydrogens is 242 g/mol. The van der Waals surface area contributed by atoms with E-state index in [2.05, 4.69) is 15.4 Å². The zero-order valence-corrected chi connectivity index (χ0v) is 11.1. The molecule has 0 fully saturated rings. The number of carbonyl (C=O) groups is 1. The van der Waals surface area contributed by atoms with Gasteiger partial charge in [-0.15, -0.1) is 0 Å². The molecule has 2 heterocycles. The van der Waals surface area contributed by atoms with E-state index in [4.69, 9.17) is 5.73 Å². The Kier molecular flexibility index (Phi) is 3.79. The number of pyridine rings is 1. The van der Waals surface area contributed by atoms with Gasteiger partial charge >= 0.3 is 0 Å². The summed E-state index contributed by atoms with van der Waals surface area (Å²) in [6, 6.07) is 3.85. The average molecular weight is 259 g/mol. The maximum Gasteiger partial charge on any atom is 0.271 e. The van der Waals surface area contributed by atoms with Gasteiger partial charge in [0.2, 0.25) is 0 Å². The summed E-state index contributed by atoms with van der Waals surface area (Å²) >= 11 is 0. The standard InChI is InChI=1S/C13H17N5O/c1-9-11(14)12(18(2)17-9)13(19)16-8-5-10-3-6-15-7-4-10/h3-4,6-7H,5,8,14H2,1-2H3,(H,16,19). The van der Waals surface area contributed by atoms with Gasteiger partial charge in [-0.2, -0.15) is 5.10 Å². The zero-order valence-electron chi connectivity index (χ0n) is 11.1. The van der Waals surface area contributed by atoms with Crippen molar-refractivity contribution < 1.29 is 4.79 Å². The second-order valence-corrected chi connectivity index (χ2v) is 4.33. The highest BCUT2D eigenvalue weighted by Gasteiger charge is 2.17. The first kappa shape index (κ1) is 13.1. The summed E-state index contributed by atoms with van der Waals surface area (Å²) in [5, 5.41) is 6.96. The number of nitrogens with zero attached hydrogens (tertiary/aromatic N) is 3. The maximum absolute atomic E-state index is 12.0. The first-order valence-corrected chi connectivity index (χ1v) is 6.05. The lowest BCUT2D eigenvalue weighted by molar-refractivity contribution is 0.0945. The second kappa shape index (κ2) is 5.51. The van der Waals surface area contributed by atoms with Crippen molar-refractivity contribution in [3.8, 4) is 0 Å². The molecule has 100 valence electrons. The molecule has 3 N–H and O–H groups in total. The van der Waals surface area contributed by atoms with E-state index in [0.29, 0.717) is 23.6 Å². The fourth-order valence-corrected chi connectivity index (χ4v) is 1.90. The highest BCUT2D eigenvalue weighted by atomic mass is 16.2. The predicted molar refractivity (Wildman–Crippen MR) is 72.6 cm³/mol. The van der Waals surface area contributed by atoms with Crippen LogP contribution in [0.15, 0.2) is 24.5 Å². The normalized spacial score (nSPS) is 10.4. The number of hydrogen-bond donors (Lipinski definition) is 2. The smallest absolute Gasteiger partial charge is 0.271 e. The SMILES string of the molecule is Cc1nn(C)c(C(=O)NCCc2ccncc2)c1N. The fourth-order valence-electron chi connectivity index (χ4n) is 1.90. The molecule has 0 spiro atoms. The van der Waals surface area contributed by atoms with E-state index in [9.17, 15) is 4.79 Å². The third-order valence-electron chi connectivity index (χ3n) is 2.93. The van der Waals surface area contributed by atoms with Crippen LogP contribution in [0.5, 0.6) is 0 Å². The van der Waals surface area contributed by atoms with Crippen LogP contribution in [0.25, 0.3) is 0 Å². The Morgan fingerprint density at radius 1 is 1.42 bits per heavy atom. The summed E-state index contributed by atoms with van der Waals surface area (Å²) in [5.74, 6) is -0.199. The Morgan fingerprint density at radius 3 is 2.68 bits per heavy atom. The molecule has 2 rings (SSSR count). The summed E-state index contributed by atoms with van der Waals surface area (Å²) in [4.78, 5) is 16.0. The average Bonchev–Trinajstić information content (AvgIpc) is 2.64. The monoisotopic (exact) mass is 259 g/mol. The number of amides is 1. The Hall–Kier alpha value is -2.37. The summed E-state index contributed by atoms with van der Waals surface area (Å²) in [7, 11) is 1.71. The molecule has 6 nitrogen and oxygen atoms in total. The van der Waals surface area contributed by atoms with Gasteiger partial charge in [0.15, 0.2) is 0 Å². The molecule has 2 aromatic rings. The van der Waals surface area contributed by atoms with E-state index in [1.165, 1.54) is 4.68 Å². The van der Waals surface area contributed by atoms with Crippen LogP contribution in [0.1, 0.15) is 21.7 Å². The van der Waals surface area contributed by atoms with Gasteiger partial charge in [0, 0.05) is 26.0 Å². The third-order valence-corrected chi connectivity index (χ3v) is 2.93. The van der Waals surface area contributed by atoms with Crippen LogP contribution in [0.3, 0.4) is 0 Å². The van der Waals surface area contributed by atoms with Gasteiger partial charge in [-0.05, 0) is 31.0 Å². The van der Waals surface area contributed by atoms with Crippen molar-refractivity contribution in [3.05, 3.63) is 41.5 Å². The second-order valence-electron chi connectivity index (χ2n) is 4.33. The molecule has 1 amide bonds. The molecule has 0 aliphatic heterocycles. The number of aromatic nitrogens is 3. The quantitative estimate of drug-likeness (QED) is 0.845. The van der Waals surface area contributed by atoms with Crippen molar-refractivity contribution in [1.29, 1.82) is 0 Å². The van der Waals surface area contributed by atoms with Crippen molar-refractivity contribution in [1.82, 2.24) is 20.1 Å². The van der Waals surface area contributed by atoms with Crippen molar-refractivity contribution in [3.63, 3.8) is 0 Å².